The first kappa shape index (κ1) is 21.9. The molecular weight excluding hydrogens is 343 g/mol. The Kier molecular flexibility index (Phi) is 10.1. The summed E-state index contributed by atoms with van der Waals surface area (Å²) in [5, 5.41) is 0. The summed E-state index contributed by atoms with van der Waals surface area (Å²) in [5.74, 6) is -0.338. The predicted octanol–water partition coefficient (Wildman–Crippen LogP) is 1.89. The van der Waals surface area contributed by atoms with Gasteiger partial charge in [-0.3, -0.25) is 4.57 Å². The molecule has 0 rings (SSSR count). The topological polar surface area (TPSA) is 110 Å². The molecular formula is C14H23O7PS. The van der Waals surface area contributed by atoms with Gasteiger partial charge in [-0.2, -0.15) is 11.8 Å². The highest BCUT2D eigenvalue weighted by atomic mass is 32.2. The maximum absolute atomic E-state index is 11.6. The molecule has 0 amide bonds. The minimum atomic E-state index is -3.99. The summed E-state index contributed by atoms with van der Waals surface area (Å²) >= 11 is 1.35. The fraction of sp³-hybridized carbons (Fsp3) is 0.571. The zero-order valence-corrected chi connectivity index (χ0v) is 15.0. The monoisotopic (exact) mass is 366 g/mol. The summed E-state index contributed by atoms with van der Waals surface area (Å²) < 4.78 is 20.9. The van der Waals surface area contributed by atoms with Gasteiger partial charge in [0.25, 0.3) is 0 Å². The number of rotatable bonds is 11. The quantitative estimate of drug-likeness (QED) is 0.247. The molecule has 0 aliphatic heterocycles. The third-order valence-electron chi connectivity index (χ3n) is 2.41. The van der Waals surface area contributed by atoms with Crippen LogP contribution in [0.3, 0.4) is 0 Å². The second kappa shape index (κ2) is 10.6. The van der Waals surface area contributed by atoms with Crippen LogP contribution in [-0.4, -0.2) is 52.1 Å². The van der Waals surface area contributed by atoms with Crippen LogP contribution >= 0.6 is 19.4 Å². The molecule has 0 radical (unpaired) electrons. The molecule has 2 N–H and O–H groups in total. The van der Waals surface area contributed by atoms with E-state index in [2.05, 4.69) is 13.2 Å². The lowest BCUT2D eigenvalue weighted by molar-refractivity contribution is -0.152. The van der Waals surface area contributed by atoms with Crippen molar-refractivity contribution in [3.8, 4) is 0 Å². The molecule has 7 nitrogen and oxygen atoms in total. The van der Waals surface area contributed by atoms with E-state index in [1.165, 1.54) is 25.6 Å². The lowest BCUT2D eigenvalue weighted by Crippen LogP contribution is -2.28. The van der Waals surface area contributed by atoms with Gasteiger partial charge in [-0.25, -0.2) is 9.59 Å². The first-order valence-electron chi connectivity index (χ1n) is 6.84. The average Bonchev–Trinajstić information content (AvgIpc) is 2.41. The highest BCUT2D eigenvalue weighted by Gasteiger charge is 2.18. The molecule has 9 heteroatoms. The third kappa shape index (κ3) is 12.1. The van der Waals surface area contributed by atoms with Gasteiger partial charge in [0, 0.05) is 16.9 Å². The molecule has 23 heavy (non-hydrogen) atoms. The summed E-state index contributed by atoms with van der Waals surface area (Å²) in [6.45, 7) is 9.83. The molecule has 0 saturated heterocycles. The predicted molar refractivity (Wildman–Crippen MR) is 89.3 cm³/mol. The summed E-state index contributed by atoms with van der Waals surface area (Å²) in [4.78, 5) is 40.5. The average molecular weight is 366 g/mol. The number of carbonyl (C=O) groups is 2. The van der Waals surface area contributed by atoms with E-state index in [4.69, 9.17) is 19.3 Å². The number of hydrogen-bond donors (Lipinski definition) is 2. The van der Waals surface area contributed by atoms with Crippen LogP contribution in [-0.2, 0) is 23.6 Å². The van der Waals surface area contributed by atoms with Gasteiger partial charge < -0.3 is 19.3 Å². The van der Waals surface area contributed by atoms with Gasteiger partial charge >= 0.3 is 19.5 Å². The second-order valence-electron chi connectivity index (χ2n) is 5.00. The van der Waals surface area contributed by atoms with Crippen LogP contribution in [0.2, 0.25) is 0 Å². The summed E-state index contributed by atoms with van der Waals surface area (Å²) in [5.41, 5.74) is 0.469. The van der Waals surface area contributed by atoms with E-state index >= 15 is 0 Å². The van der Waals surface area contributed by atoms with Crippen LogP contribution < -0.4 is 0 Å². The molecule has 1 unspecified atom stereocenters. The fourth-order valence-electron chi connectivity index (χ4n) is 1.25. The molecule has 0 aliphatic carbocycles. The lowest BCUT2D eigenvalue weighted by Gasteiger charge is -2.18. The second-order valence-corrected chi connectivity index (χ2v) is 7.93. The summed E-state index contributed by atoms with van der Waals surface area (Å²) in [6.07, 6.45) is -0.523. The number of esters is 2. The van der Waals surface area contributed by atoms with Crippen molar-refractivity contribution < 1.29 is 33.4 Å². The lowest BCUT2D eigenvalue weighted by atomic mass is 10.3. The van der Waals surface area contributed by atoms with Crippen molar-refractivity contribution in [3.63, 3.8) is 0 Å². The van der Waals surface area contributed by atoms with E-state index in [0.717, 1.165) is 0 Å². The molecule has 0 heterocycles. The molecule has 0 fully saturated rings. The van der Waals surface area contributed by atoms with Gasteiger partial charge in [-0.15, -0.1) is 0 Å². The Bertz CT molecular complexity index is 497. The molecule has 0 spiro atoms. The maximum Gasteiger partial charge on any atom is 0.333 e. The third-order valence-corrected chi connectivity index (χ3v) is 4.50. The van der Waals surface area contributed by atoms with E-state index in [0.29, 0.717) is 17.9 Å². The Hall–Kier alpha value is -1.08. The van der Waals surface area contributed by atoms with Crippen LogP contribution in [0.15, 0.2) is 24.3 Å². The minimum absolute atomic E-state index is 0.115. The minimum Gasteiger partial charge on any atom is -0.458 e. The molecule has 0 saturated carbocycles. The fourth-order valence-corrected chi connectivity index (χ4v) is 2.97. The van der Waals surface area contributed by atoms with E-state index < -0.39 is 25.6 Å². The SMILES string of the molecule is C=C(C)C(=O)OCC(CSCCCP(=O)(O)O)OC(=O)C(=C)C. The Morgan fingerprint density at radius 3 is 2.22 bits per heavy atom. The van der Waals surface area contributed by atoms with Crippen LogP contribution in [0.1, 0.15) is 20.3 Å². The smallest absolute Gasteiger partial charge is 0.333 e. The van der Waals surface area contributed by atoms with E-state index in [1.807, 2.05) is 0 Å². The van der Waals surface area contributed by atoms with Crippen molar-refractivity contribution in [1.29, 1.82) is 0 Å². The van der Waals surface area contributed by atoms with Crippen molar-refractivity contribution in [2.45, 2.75) is 26.4 Å². The van der Waals surface area contributed by atoms with Gasteiger partial charge in [-0.1, -0.05) is 13.2 Å². The molecule has 0 aromatic rings. The molecule has 132 valence electrons. The van der Waals surface area contributed by atoms with Crippen molar-refractivity contribution >= 4 is 31.3 Å². The molecule has 0 aliphatic rings. The number of thioether (sulfide) groups is 1. The summed E-state index contributed by atoms with van der Waals surface area (Å²) in [6, 6.07) is 0. The number of carbonyl (C=O) groups excluding carboxylic acids is 2. The maximum atomic E-state index is 11.6. The van der Waals surface area contributed by atoms with Gasteiger partial charge in [0.15, 0.2) is 0 Å². The Balaban J connectivity index is 4.34. The van der Waals surface area contributed by atoms with Crippen molar-refractivity contribution in [2.24, 2.45) is 0 Å². The first-order chi connectivity index (χ1) is 10.5. The zero-order valence-electron chi connectivity index (χ0n) is 13.3. The van der Waals surface area contributed by atoms with Crippen molar-refractivity contribution in [1.82, 2.24) is 0 Å². The van der Waals surface area contributed by atoms with Crippen molar-refractivity contribution in [3.05, 3.63) is 24.3 Å². The van der Waals surface area contributed by atoms with E-state index in [-0.39, 0.29) is 23.9 Å². The molecule has 1 atom stereocenters. The van der Waals surface area contributed by atoms with Crippen molar-refractivity contribution in [2.75, 3.05) is 24.3 Å². The summed E-state index contributed by atoms with van der Waals surface area (Å²) in [7, 11) is -3.99. The standard InChI is InChI=1S/C14H23O7PS/c1-10(2)13(15)20-8-12(21-14(16)11(3)4)9-23-7-5-6-22(17,18)19/h12H,1,3,5-9H2,2,4H3,(H2,17,18,19). The molecule has 0 bridgehead atoms. The first-order valence-corrected chi connectivity index (χ1v) is 9.79. The van der Waals surface area contributed by atoms with Crippen LogP contribution in [0, 0.1) is 0 Å². The number of ether oxygens (including phenoxy) is 2. The largest absolute Gasteiger partial charge is 0.458 e. The van der Waals surface area contributed by atoms with Crippen LogP contribution in [0.4, 0.5) is 0 Å². The van der Waals surface area contributed by atoms with E-state index in [1.54, 1.807) is 0 Å². The molecule has 0 aromatic carbocycles. The highest BCUT2D eigenvalue weighted by Crippen LogP contribution is 2.35. The van der Waals surface area contributed by atoms with Crippen LogP contribution in [0.5, 0.6) is 0 Å². The van der Waals surface area contributed by atoms with Gasteiger partial charge in [0.1, 0.15) is 12.7 Å². The van der Waals surface area contributed by atoms with Gasteiger partial charge in [0.05, 0.1) is 6.16 Å². The van der Waals surface area contributed by atoms with Gasteiger partial charge in [0.2, 0.25) is 0 Å². The number of hydrogen-bond acceptors (Lipinski definition) is 6. The van der Waals surface area contributed by atoms with Gasteiger partial charge in [-0.05, 0) is 26.0 Å². The Labute approximate surface area is 140 Å². The van der Waals surface area contributed by atoms with E-state index in [9.17, 15) is 14.2 Å². The normalized spacial score (nSPS) is 12.3. The zero-order chi connectivity index (χ0) is 18.0. The highest BCUT2D eigenvalue weighted by molar-refractivity contribution is 7.99. The molecule has 0 aromatic heterocycles. The van der Waals surface area contributed by atoms with Crippen LogP contribution in [0.25, 0.3) is 0 Å². The Morgan fingerprint density at radius 1 is 1.17 bits per heavy atom. The Morgan fingerprint density at radius 2 is 1.74 bits per heavy atom.